The normalized spacial score (nSPS) is 30.0. The lowest BCUT2D eigenvalue weighted by atomic mass is 10.0. The highest BCUT2D eigenvalue weighted by Gasteiger charge is 2.16. The zero-order valence-corrected chi connectivity index (χ0v) is 7.25. The molecule has 2 nitrogen and oxygen atoms in total. The first-order valence-corrected chi connectivity index (χ1v) is 4.66. The standard InChI is InChI=1S/C10H15NO/c1-2-4-9(5-3-1)10-8-11-6-7-12-10/h2,4-5,10-11H,1,3,6-8H2/t10-/m1/s1. The van der Waals surface area contributed by atoms with Crippen molar-refractivity contribution in [2.45, 2.75) is 18.9 Å². The summed E-state index contributed by atoms with van der Waals surface area (Å²) >= 11 is 0. The summed E-state index contributed by atoms with van der Waals surface area (Å²) in [4.78, 5) is 0. The van der Waals surface area contributed by atoms with E-state index in [1.54, 1.807) is 0 Å². The molecule has 1 heterocycles. The van der Waals surface area contributed by atoms with E-state index < -0.39 is 0 Å². The molecule has 1 aliphatic heterocycles. The highest BCUT2D eigenvalue weighted by atomic mass is 16.5. The van der Waals surface area contributed by atoms with Gasteiger partial charge in [0.25, 0.3) is 0 Å². The van der Waals surface area contributed by atoms with Gasteiger partial charge in [0.2, 0.25) is 0 Å². The van der Waals surface area contributed by atoms with Crippen molar-refractivity contribution in [3.8, 4) is 0 Å². The molecular weight excluding hydrogens is 150 g/mol. The fraction of sp³-hybridized carbons (Fsp3) is 0.600. The second kappa shape index (κ2) is 3.87. The van der Waals surface area contributed by atoms with Crippen molar-refractivity contribution in [3.63, 3.8) is 0 Å². The molecule has 0 spiro atoms. The molecule has 0 amide bonds. The number of rotatable bonds is 1. The summed E-state index contributed by atoms with van der Waals surface area (Å²) < 4.78 is 5.64. The van der Waals surface area contributed by atoms with E-state index in [4.69, 9.17) is 4.74 Å². The number of hydrogen-bond acceptors (Lipinski definition) is 2. The van der Waals surface area contributed by atoms with Crippen LogP contribution in [0, 0.1) is 0 Å². The van der Waals surface area contributed by atoms with Crippen LogP contribution in [0.2, 0.25) is 0 Å². The van der Waals surface area contributed by atoms with Crippen molar-refractivity contribution in [2.75, 3.05) is 19.7 Å². The van der Waals surface area contributed by atoms with Gasteiger partial charge in [-0.05, 0) is 18.4 Å². The van der Waals surface area contributed by atoms with Crippen LogP contribution in [0.4, 0.5) is 0 Å². The Morgan fingerprint density at radius 1 is 1.42 bits per heavy atom. The van der Waals surface area contributed by atoms with Crippen LogP contribution in [0.15, 0.2) is 23.8 Å². The number of morpholine rings is 1. The monoisotopic (exact) mass is 165 g/mol. The van der Waals surface area contributed by atoms with Gasteiger partial charge < -0.3 is 10.1 Å². The molecule has 1 atom stereocenters. The fourth-order valence-electron chi connectivity index (χ4n) is 1.65. The van der Waals surface area contributed by atoms with Crippen molar-refractivity contribution >= 4 is 0 Å². The summed E-state index contributed by atoms with van der Waals surface area (Å²) in [6, 6.07) is 0. The van der Waals surface area contributed by atoms with Gasteiger partial charge >= 0.3 is 0 Å². The van der Waals surface area contributed by atoms with E-state index in [9.17, 15) is 0 Å². The smallest absolute Gasteiger partial charge is 0.0946 e. The lowest BCUT2D eigenvalue weighted by Crippen LogP contribution is -2.39. The third-order valence-electron chi connectivity index (χ3n) is 2.32. The van der Waals surface area contributed by atoms with Gasteiger partial charge in [-0.25, -0.2) is 0 Å². The summed E-state index contributed by atoms with van der Waals surface area (Å²) in [6.45, 7) is 2.81. The van der Waals surface area contributed by atoms with E-state index in [0.717, 1.165) is 19.7 Å². The second-order valence-corrected chi connectivity index (χ2v) is 3.25. The van der Waals surface area contributed by atoms with E-state index in [2.05, 4.69) is 23.5 Å². The van der Waals surface area contributed by atoms with Gasteiger partial charge in [0, 0.05) is 13.1 Å². The third kappa shape index (κ3) is 1.76. The largest absolute Gasteiger partial charge is 0.371 e. The van der Waals surface area contributed by atoms with Gasteiger partial charge in [0.1, 0.15) is 0 Å². The zero-order valence-electron chi connectivity index (χ0n) is 7.25. The molecule has 66 valence electrons. The van der Waals surface area contributed by atoms with E-state index in [1.807, 2.05) is 0 Å². The highest BCUT2D eigenvalue weighted by molar-refractivity contribution is 5.26. The SMILES string of the molecule is C1=CC([C@H]2CNCCO2)=CCC1. The number of nitrogens with one attached hydrogen (secondary N) is 1. The Bertz CT molecular complexity index is 202. The Kier molecular flexibility index (Phi) is 2.59. The molecule has 12 heavy (non-hydrogen) atoms. The highest BCUT2D eigenvalue weighted by Crippen LogP contribution is 2.16. The van der Waals surface area contributed by atoms with E-state index in [0.29, 0.717) is 6.10 Å². The average Bonchev–Trinajstić information content (AvgIpc) is 2.21. The van der Waals surface area contributed by atoms with Gasteiger partial charge in [0.15, 0.2) is 0 Å². The van der Waals surface area contributed by atoms with Crippen molar-refractivity contribution in [1.29, 1.82) is 0 Å². The summed E-state index contributed by atoms with van der Waals surface area (Å²) in [5, 5.41) is 3.33. The van der Waals surface area contributed by atoms with Crippen LogP contribution in [-0.4, -0.2) is 25.8 Å². The maximum atomic E-state index is 5.64. The number of hydrogen-bond donors (Lipinski definition) is 1. The minimum absolute atomic E-state index is 0.301. The topological polar surface area (TPSA) is 21.3 Å². The van der Waals surface area contributed by atoms with Crippen LogP contribution in [0.5, 0.6) is 0 Å². The lowest BCUT2D eigenvalue weighted by Gasteiger charge is -2.25. The van der Waals surface area contributed by atoms with Crippen molar-refractivity contribution in [3.05, 3.63) is 23.8 Å². The van der Waals surface area contributed by atoms with Gasteiger partial charge in [-0.15, -0.1) is 0 Å². The van der Waals surface area contributed by atoms with Crippen LogP contribution < -0.4 is 5.32 Å². The first kappa shape index (κ1) is 8.02. The molecule has 1 fully saturated rings. The first-order valence-electron chi connectivity index (χ1n) is 4.66. The average molecular weight is 165 g/mol. The molecule has 2 aliphatic rings. The predicted octanol–water partition coefficient (Wildman–Crippen LogP) is 1.25. The Morgan fingerprint density at radius 2 is 2.42 bits per heavy atom. The van der Waals surface area contributed by atoms with Gasteiger partial charge in [-0.1, -0.05) is 18.2 Å². The Morgan fingerprint density at radius 3 is 3.08 bits per heavy atom. The van der Waals surface area contributed by atoms with Crippen LogP contribution in [0.25, 0.3) is 0 Å². The van der Waals surface area contributed by atoms with Crippen LogP contribution in [-0.2, 0) is 4.74 Å². The number of ether oxygens (including phenoxy) is 1. The maximum Gasteiger partial charge on any atom is 0.0946 e. The Labute approximate surface area is 73.3 Å². The van der Waals surface area contributed by atoms with Crippen LogP contribution in [0.1, 0.15) is 12.8 Å². The summed E-state index contributed by atoms with van der Waals surface area (Å²) in [5.41, 5.74) is 1.36. The van der Waals surface area contributed by atoms with E-state index in [-0.39, 0.29) is 0 Å². The molecule has 0 bridgehead atoms. The summed E-state index contributed by atoms with van der Waals surface area (Å²) in [6.07, 6.45) is 9.37. The molecule has 0 aromatic heterocycles. The molecule has 0 saturated carbocycles. The van der Waals surface area contributed by atoms with E-state index >= 15 is 0 Å². The molecule has 1 aliphatic carbocycles. The Hall–Kier alpha value is -0.600. The second-order valence-electron chi connectivity index (χ2n) is 3.25. The third-order valence-corrected chi connectivity index (χ3v) is 2.32. The summed E-state index contributed by atoms with van der Waals surface area (Å²) in [7, 11) is 0. The van der Waals surface area contributed by atoms with Crippen molar-refractivity contribution < 1.29 is 4.74 Å². The van der Waals surface area contributed by atoms with Gasteiger partial charge in [-0.3, -0.25) is 0 Å². The molecule has 0 aromatic carbocycles. The minimum Gasteiger partial charge on any atom is -0.371 e. The molecule has 2 heteroatoms. The van der Waals surface area contributed by atoms with Gasteiger partial charge in [0.05, 0.1) is 12.7 Å². The Balaban J connectivity index is 1.97. The molecule has 1 saturated heterocycles. The first-order chi connectivity index (χ1) is 5.97. The lowest BCUT2D eigenvalue weighted by molar-refractivity contribution is 0.0536. The number of allylic oxidation sites excluding steroid dienone is 2. The molecular formula is C10H15NO. The van der Waals surface area contributed by atoms with Crippen molar-refractivity contribution in [2.24, 2.45) is 0 Å². The predicted molar refractivity (Wildman–Crippen MR) is 49.1 cm³/mol. The molecule has 2 rings (SSSR count). The van der Waals surface area contributed by atoms with Crippen LogP contribution >= 0.6 is 0 Å². The summed E-state index contributed by atoms with van der Waals surface area (Å²) in [5.74, 6) is 0. The van der Waals surface area contributed by atoms with Crippen LogP contribution in [0.3, 0.4) is 0 Å². The fourth-order valence-corrected chi connectivity index (χ4v) is 1.65. The molecule has 1 N–H and O–H groups in total. The molecule has 0 aromatic rings. The minimum atomic E-state index is 0.301. The zero-order chi connectivity index (χ0) is 8.23. The molecule has 0 unspecified atom stereocenters. The van der Waals surface area contributed by atoms with Crippen molar-refractivity contribution in [1.82, 2.24) is 5.32 Å². The molecule has 0 radical (unpaired) electrons. The van der Waals surface area contributed by atoms with Gasteiger partial charge in [-0.2, -0.15) is 0 Å². The maximum absolute atomic E-state index is 5.64. The quantitative estimate of drug-likeness (QED) is 0.631. The van der Waals surface area contributed by atoms with E-state index in [1.165, 1.54) is 18.4 Å².